The van der Waals surface area contributed by atoms with Crippen molar-refractivity contribution in [3.63, 3.8) is 0 Å². The topological polar surface area (TPSA) is 48.6 Å². The predicted octanol–water partition coefficient (Wildman–Crippen LogP) is 4.90. The normalized spacial score (nSPS) is 25.6. The zero-order chi connectivity index (χ0) is 15.2. The summed E-state index contributed by atoms with van der Waals surface area (Å²) in [5.41, 5.74) is 2.55. The molecule has 1 rings (SSSR count). The highest BCUT2D eigenvalue weighted by atomic mass is 14.8. The number of nitrogens with zero attached hydrogens (tertiary/aromatic N) is 2. The van der Waals surface area contributed by atoms with E-state index in [9.17, 15) is 0 Å². The second-order valence-corrected chi connectivity index (χ2v) is 6.89. The van der Waals surface area contributed by atoms with Gasteiger partial charge in [0.1, 0.15) is 5.84 Å². The van der Waals surface area contributed by atoms with E-state index in [1.54, 1.807) is 6.92 Å². The molecule has 1 fully saturated rings. The van der Waals surface area contributed by atoms with Crippen molar-refractivity contribution in [3.05, 3.63) is 0 Å². The molecule has 3 heteroatoms. The summed E-state index contributed by atoms with van der Waals surface area (Å²) in [7, 11) is 1.87. The van der Waals surface area contributed by atoms with E-state index in [1.165, 1.54) is 44.9 Å². The van der Waals surface area contributed by atoms with Gasteiger partial charge in [-0.3, -0.25) is 10.4 Å². The molecule has 0 aromatic carbocycles. The standard InChI is InChI=1S/C17H31N3/c1-13(20-14(2)18)16(19-5)15-9-6-7-11-17(3,4)12-8-10-15/h15,18H,6-12H2,1-5H3. The first-order chi connectivity index (χ1) is 9.35. The molecular weight excluding hydrogens is 246 g/mol. The zero-order valence-corrected chi connectivity index (χ0v) is 13.9. The predicted molar refractivity (Wildman–Crippen MR) is 89.5 cm³/mol. The lowest BCUT2D eigenvalue weighted by molar-refractivity contribution is 0.293. The molecule has 1 saturated carbocycles. The maximum absolute atomic E-state index is 7.53. The molecule has 1 unspecified atom stereocenters. The molecule has 1 aliphatic carbocycles. The maximum Gasteiger partial charge on any atom is 0.117 e. The Bertz CT molecular complexity index is 391. The van der Waals surface area contributed by atoms with Gasteiger partial charge in [-0.05, 0) is 44.9 Å². The van der Waals surface area contributed by atoms with Crippen LogP contribution in [-0.4, -0.2) is 24.3 Å². The van der Waals surface area contributed by atoms with Gasteiger partial charge in [0.25, 0.3) is 0 Å². The van der Waals surface area contributed by atoms with Crippen LogP contribution in [0.2, 0.25) is 0 Å². The molecule has 0 aromatic rings. The number of rotatable bonds is 2. The molecular formula is C17H31N3. The Labute approximate surface area is 124 Å². The van der Waals surface area contributed by atoms with Crippen LogP contribution in [0.1, 0.15) is 72.6 Å². The van der Waals surface area contributed by atoms with E-state index in [2.05, 4.69) is 23.8 Å². The van der Waals surface area contributed by atoms with Crippen LogP contribution in [0.15, 0.2) is 9.98 Å². The van der Waals surface area contributed by atoms with E-state index in [4.69, 9.17) is 5.41 Å². The van der Waals surface area contributed by atoms with Gasteiger partial charge in [0.05, 0.1) is 11.4 Å². The summed E-state index contributed by atoms with van der Waals surface area (Å²) in [6.07, 6.45) is 8.94. The lowest BCUT2D eigenvalue weighted by Gasteiger charge is -2.23. The SMILES string of the molecule is CN=C(C(C)=NC(C)=N)C1CCCCC(C)(C)CCC1. The van der Waals surface area contributed by atoms with Gasteiger partial charge in [-0.2, -0.15) is 0 Å². The van der Waals surface area contributed by atoms with E-state index < -0.39 is 0 Å². The van der Waals surface area contributed by atoms with Crippen LogP contribution < -0.4 is 0 Å². The Balaban J connectivity index is 2.79. The third-order valence-corrected chi connectivity index (χ3v) is 4.40. The largest absolute Gasteiger partial charge is 0.291 e. The van der Waals surface area contributed by atoms with Gasteiger partial charge in [-0.1, -0.05) is 33.1 Å². The first-order valence-electron chi connectivity index (χ1n) is 7.93. The first kappa shape index (κ1) is 17.1. The monoisotopic (exact) mass is 277 g/mol. The van der Waals surface area contributed by atoms with Gasteiger partial charge in [-0.25, -0.2) is 4.99 Å². The minimum Gasteiger partial charge on any atom is -0.291 e. The molecule has 1 atom stereocenters. The minimum atomic E-state index is 0.368. The molecule has 0 saturated heterocycles. The van der Waals surface area contributed by atoms with E-state index >= 15 is 0 Å². The van der Waals surface area contributed by atoms with Crippen molar-refractivity contribution < 1.29 is 0 Å². The Morgan fingerprint density at radius 1 is 1.05 bits per heavy atom. The average Bonchev–Trinajstić information content (AvgIpc) is 2.40. The Morgan fingerprint density at radius 3 is 2.25 bits per heavy atom. The molecule has 0 heterocycles. The molecule has 0 radical (unpaired) electrons. The molecule has 3 nitrogen and oxygen atoms in total. The number of aliphatic imine (C=N–C) groups is 2. The third kappa shape index (κ3) is 5.56. The van der Waals surface area contributed by atoms with Crippen molar-refractivity contribution in [3.8, 4) is 0 Å². The molecule has 1 N–H and O–H groups in total. The third-order valence-electron chi connectivity index (χ3n) is 4.40. The van der Waals surface area contributed by atoms with Gasteiger partial charge in [0, 0.05) is 13.0 Å². The van der Waals surface area contributed by atoms with E-state index in [0.717, 1.165) is 11.4 Å². The second-order valence-electron chi connectivity index (χ2n) is 6.89. The van der Waals surface area contributed by atoms with Crippen molar-refractivity contribution in [2.24, 2.45) is 21.3 Å². The molecule has 0 bridgehead atoms. The van der Waals surface area contributed by atoms with Crippen LogP contribution in [-0.2, 0) is 0 Å². The quantitative estimate of drug-likeness (QED) is 0.551. The molecule has 0 aromatic heterocycles. The van der Waals surface area contributed by atoms with Crippen molar-refractivity contribution in [2.75, 3.05) is 7.05 Å². The highest BCUT2D eigenvalue weighted by Crippen LogP contribution is 2.34. The summed E-state index contributed by atoms with van der Waals surface area (Å²) in [5.74, 6) is 0.893. The summed E-state index contributed by atoms with van der Waals surface area (Å²) in [6.45, 7) is 8.51. The van der Waals surface area contributed by atoms with Crippen molar-refractivity contribution >= 4 is 17.3 Å². The fraction of sp³-hybridized carbons (Fsp3) is 0.824. The van der Waals surface area contributed by atoms with Crippen molar-refractivity contribution in [2.45, 2.75) is 72.6 Å². The summed E-state index contributed by atoms with van der Waals surface area (Å²) < 4.78 is 0. The van der Waals surface area contributed by atoms with Gasteiger partial charge >= 0.3 is 0 Å². The summed E-state index contributed by atoms with van der Waals surface area (Å²) in [5, 5.41) is 7.53. The van der Waals surface area contributed by atoms with E-state index in [0.29, 0.717) is 17.2 Å². The molecule has 0 spiro atoms. The summed E-state index contributed by atoms with van der Waals surface area (Å²) >= 11 is 0. The van der Waals surface area contributed by atoms with Crippen molar-refractivity contribution in [1.29, 1.82) is 5.41 Å². The van der Waals surface area contributed by atoms with Crippen LogP contribution in [0.5, 0.6) is 0 Å². The highest BCUT2D eigenvalue weighted by Gasteiger charge is 2.23. The van der Waals surface area contributed by atoms with Gasteiger partial charge in [0.15, 0.2) is 0 Å². The van der Waals surface area contributed by atoms with Crippen LogP contribution in [0.3, 0.4) is 0 Å². The van der Waals surface area contributed by atoms with Crippen LogP contribution >= 0.6 is 0 Å². The van der Waals surface area contributed by atoms with Gasteiger partial charge < -0.3 is 0 Å². The van der Waals surface area contributed by atoms with Crippen LogP contribution in [0.4, 0.5) is 0 Å². The highest BCUT2D eigenvalue weighted by molar-refractivity contribution is 6.43. The molecule has 1 aliphatic rings. The lowest BCUT2D eigenvalue weighted by Crippen LogP contribution is -2.23. The van der Waals surface area contributed by atoms with Gasteiger partial charge in [0.2, 0.25) is 0 Å². The van der Waals surface area contributed by atoms with Crippen LogP contribution in [0.25, 0.3) is 0 Å². The summed E-state index contributed by atoms with van der Waals surface area (Å²) in [4.78, 5) is 8.79. The van der Waals surface area contributed by atoms with Gasteiger partial charge in [-0.15, -0.1) is 0 Å². The fourth-order valence-corrected chi connectivity index (χ4v) is 3.31. The first-order valence-corrected chi connectivity index (χ1v) is 7.93. The Hall–Kier alpha value is -0.990. The lowest BCUT2D eigenvalue weighted by atomic mass is 9.82. The molecule has 114 valence electrons. The molecule has 20 heavy (non-hydrogen) atoms. The Kier molecular flexibility index (Phi) is 6.57. The second kappa shape index (κ2) is 7.70. The fourth-order valence-electron chi connectivity index (χ4n) is 3.31. The number of hydrogen-bond donors (Lipinski definition) is 1. The number of nitrogens with one attached hydrogen (secondary N) is 1. The number of amidine groups is 1. The van der Waals surface area contributed by atoms with E-state index in [1.807, 2.05) is 14.0 Å². The molecule has 0 aliphatic heterocycles. The smallest absolute Gasteiger partial charge is 0.117 e. The molecule has 0 amide bonds. The average molecular weight is 277 g/mol. The van der Waals surface area contributed by atoms with Crippen molar-refractivity contribution in [1.82, 2.24) is 0 Å². The minimum absolute atomic E-state index is 0.368. The summed E-state index contributed by atoms with van der Waals surface area (Å²) in [6, 6.07) is 0. The van der Waals surface area contributed by atoms with Crippen LogP contribution in [0, 0.1) is 16.7 Å². The maximum atomic E-state index is 7.53. The van der Waals surface area contributed by atoms with E-state index in [-0.39, 0.29) is 0 Å². The zero-order valence-electron chi connectivity index (χ0n) is 13.9. The number of hydrogen-bond acceptors (Lipinski definition) is 2. The Morgan fingerprint density at radius 2 is 1.65 bits per heavy atom.